The van der Waals surface area contributed by atoms with Crippen LogP contribution in [0, 0.1) is 0 Å². The van der Waals surface area contributed by atoms with Gasteiger partial charge in [0.15, 0.2) is 0 Å². The predicted molar refractivity (Wildman–Crippen MR) is 103 cm³/mol. The number of fused-ring (bicyclic) bond motifs is 2. The molecule has 1 N–H and O–H groups in total. The van der Waals surface area contributed by atoms with Gasteiger partial charge in [0.1, 0.15) is 0 Å². The van der Waals surface area contributed by atoms with Crippen LogP contribution in [0.25, 0.3) is 21.5 Å². The fraction of sp³-hybridized carbons (Fsp3) is 0.0455. The molecule has 0 saturated heterocycles. The molecule has 0 unspecified atom stereocenters. The second-order valence-electron chi connectivity index (χ2n) is 6.15. The molecule has 0 aliphatic rings. The van der Waals surface area contributed by atoms with E-state index in [4.69, 9.17) is 0 Å². The quantitative estimate of drug-likeness (QED) is 0.595. The highest BCUT2D eigenvalue weighted by Crippen LogP contribution is 2.33. The van der Waals surface area contributed by atoms with Gasteiger partial charge < -0.3 is 15.0 Å². The second kappa shape index (κ2) is 6.95. The average molecular weight is 375 g/mol. The number of hydrogen-bond acceptors (Lipinski definition) is 4. The fourth-order valence-corrected chi connectivity index (χ4v) is 4.91. The van der Waals surface area contributed by atoms with E-state index < -0.39 is 16.8 Å². The second-order valence-corrected chi connectivity index (χ2v) is 7.56. The van der Waals surface area contributed by atoms with Crippen LogP contribution in [0.3, 0.4) is 0 Å². The summed E-state index contributed by atoms with van der Waals surface area (Å²) in [6.07, 6.45) is 0. The standard InChI is InChI=1S/C22H16O4S/c23-13-16-9-1-5-14-7-3-11-18(20(14)16)27(26)19-12-4-8-15-6-2-10-17(21(15)19)22(24)25/h1-12,23H,13H2,(H,24,25)/p-1/t27-/m0/s1. The number of carbonyl (C=O) groups is 1. The van der Waals surface area contributed by atoms with Gasteiger partial charge in [0.25, 0.3) is 0 Å². The van der Waals surface area contributed by atoms with Crippen LogP contribution < -0.4 is 5.11 Å². The van der Waals surface area contributed by atoms with E-state index in [1.54, 1.807) is 42.5 Å². The molecule has 5 heteroatoms. The molecule has 0 aliphatic heterocycles. The lowest BCUT2D eigenvalue weighted by Gasteiger charge is -2.14. The minimum absolute atomic E-state index is 0.0130. The summed E-state index contributed by atoms with van der Waals surface area (Å²) in [5.41, 5.74) is 0.691. The zero-order valence-corrected chi connectivity index (χ0v) is 15.0. The van der Waals surface area contributed by atoms with Crippen molar-refractivity contribution in [2.24, 2.45) is 0 Å². The summed E-state index contributed by atoms with van der Waals surface area (Å²) in [6, 6.07) is 21.1. The first-order chi connectivity index (χ1) is 13.1. The van der Waals surface area contributed by atoms with E-state index in [1.165, 1.54) is 6.07 Å². The number of aliphatic hydroxyl groups excluding tert-OH is 1. The number of carbonyl (C=O) groups excluding carboxylic acids is 1. The van der Waals surface area contributed by atoms with Gasteiger partial charge >= 0.3 is 0 Å². The molecule has 4 aromatic carbocycles. The van der Waals surface area contributed by atoms with Crippen LogP contribution >= 0.6 is 0 Å². The fourth-order valence-electron chi connectivity index (χ4n) is 3.42. The van der Waals surface area contributed by atoms with Gasteiger partial charge in [-0.2, -0.15) is 0 Å². The topological polar surface area (TPSA) is 77.4 Å². The van der Waals surface area contributed by atoms with Crippen molar-refractivity contribution in [2.45, 2.75) is 16.4 Å². The van der Waals surface area contributed by atoms with Crippen LogP contribution in [-0.2, 0) is 17.4 Å². The molecule has 134 valence electrons. The van der Waals surface area contributed by atoms with Crippen LogP contribution in [0.15, 0.2) is 82.6 Å². The Labute approximate surface area is 158 Å². The summed E-state index contributed by atoms with van der Waals surface area (Å²) in [4.78, 5) is 12.5. The van der Waals surface area contributed by atoms with E-state index in [1.807, 2.05) is 24.3 Å². The van der Waals surface area contributed by atoms with E-state index in [0.717, 1.165) is 10.8 Å². The van der Waals surface area contributed by atoms with Crippen molar-refractivity contribution < 1.29 is 19.2 Å². The number of carboxylic acid groups (broad SMARTS) is 1. The van der Waals surface area contributed by atoms with Gasteiger partial charge in [0, 0.05) is 16.3 Å². The third-order valence-electron chi connectivity index (χ3n) is 4.61. The molecule has 4 aromatic rings. The Morgan fingerprint density at radius 3 is 1.93 bits per heavy atom. The van der Waals surface area contributed by atoms with Crippen molar-refractivity contribution in [3.63, 3.8) is 0 Å². The molecule has 0 radical (unpaired) electrons. The highest BCUT2D eigenvalue weighted by atomic mass is 32.2. The summed E-state index contributed by atoms with van der Waals surface area (Å²) < 4.78 is 13.5. The number of rotatable bonds is 4. The Hall–Kier alpha value is -3.02. The van der Waals surface area contributed by atoms with Crippen molar-refractivity contribution in [3.8, 4) is 0 Å². The summed E-state index contributed by atoms with van der Waals surface area (Å²) in [5.74, 6) is -1.31. The number of aromatic carboxylic acids is 1. The van der Waals surface area contributed by atoms with Crippen molar-refractivity contribution in [1.29, 1.82) is 0 Å². The van der Waals surface area contributed by atoms with Crippen LogP contribution in [0.4, 0.5) is 0 Å². The molecule has 1 atom stereocenters. The van der Waals surface area contributed by atoms with Gasteiger partial charge in [-0.05, 0) is 28.5 Å². The third kappa shape index (κ3) is 2.91. The van der Waals surface area contributed by atoms with Gasteiger partial charge in [-0.15, -0.1) is 0 Å². The normalized spacial score (nSPS) is 12.3. The maximum absolute atomic E-state index is 13.5. The molecule has 0 heterocycles. The molecule has 0 aliphatic carbocycles. The van der Waals surface area contributed by atoms with E-state index >= 15 is 0 Å². The van der Waals surface area contributed by atoms with Gasteiger partial charge in [0.2, 0.25) is 0 Å². The summed E-state index contributed by atoms with van der Waals surface area (Å²) in [7, 11) is -1.64. The highest BCUT2D eigenvalue weighted by Gasteiger charge is 2.17. The van der Waals surface area contributed by atoms with Crippen LogP contribution in [0.5, 0.6) is 0 Å². The van der Waals surface area contributed by atoms with E-state index in [9.17, 15) is 19.2 Å². The molecule has 0 saturated carbocycles. The lowest BCUT2D eigenvalue weighted by atomic mass is 10.0. The Balaban J connectivity index is 2.03. The molecule has 4 nitrogen and oxygen atoms in total. The zero-order chi connectivity index (χ0) is 19.0. The zero-order valence-electron chi connectivity index (χ0n) is 14.2. The summed E-state index contributed by atoms with van der Waals surface area (Å²) in [6.45, 7) is -0.175. The highest BCUT2D eigenvalue weighted by molar-refractivity contribution is 7.85. The van der Waals surface area contributed by atoms with Crippen molar-refractivity contribution in [3.05, 3.63) is 83.9 Å². The minimum Gasteiger partial charge on any atom is -0.545 e. The van der Waals surface area contributed by atoms with Crippen LogP contribution in [0.1, 0.15) is 15.9 Å². The lowest BCUT2D eigenvalue weighted by Crippen LogP contribution is -2.22. The average Bonchev–Trinajstić information content (AvgIpc) is 2.71. The van der Waals surface area contributed by atoms with Crippen LogP contribution in [0.2, 0.25) is 0 Å². The first-order valence-electron chi connectivity index (χ1n) is 8.38. The van der Waals surface area contributed by atoms with E-state index in [2.05, 4.69) is 0 Å². The molecular formula is C22H15O4S-. The Bertz CT molecular complexity index is 1200. The molecule has 0 bridgehead atoms. The molecular weight excluding hydrogens is 360 g/mol. The summed E-state index contributed by atoms with van der Waals surface area (Å²) >= 11 is 0. The van der Waals surface area contributed by atoms with Gasteiger partial charge in [0.05, 0.1) is 33.2 Å². The number of benzene rings is 4. The Morgan fingerprint density at radius 1 is 0.815 bits per heavy atom. The Kier molecular flexibility index (Phi) is 4.48. The van der Waals surface area contributed by atoms with Crippen molar-refractivity contribution >= 4 is 38.3 Å². The van der Waals surface area contributed by atoms with E-state index in [-0.39, 0.29) is 12.2 Å². The van der Waals surface area contributed by atoms with Gasteiger partial charge in [-0.3, -0.25) is 0 Å². The molecule has 0 fully saturated rings. The Morgan fingerprint density at radius 2 is 1.33 bits per heavy atom. The molecule has 0 aromatic heterocycles. The van der Waals surface area contributed by atoms with Crippen molar-refractivity contribution in [1.82, 2.24) is 0 Å². The molecule has 27 heavy (non-hydrogen) atoms. The predicted octanol–water partition coefficient (Wildman–Crippen LogP) is 3.02. The van der Waals surface area contributed by atoms with Gasteiger partial charge in [-0.1, -0.05) is 60.7 Å². The van der Waals surface area contributed by atoms with Crippen molar-refractivity contribution in [2.75, 3.05) is 0 Å². The molecule has 0 amide bonds. The smallest absolute Gasteiger partial charge is 0.0862 e. The summed E-state index contributed by atoms with van der Waals surface area (Å²) in [5, 5.41) is 24.0. The first kappa shape index (κ1) is 17.4. The maximum atomic E-state index is 13.5. The molecule has 0 spiro atoms. The molecule has 4 rings (SSSR count). The van der Waals surface area contributed by atoms with Gasteiger partial charge in [-0.25, -0.2) is 4.21 Å². The third-order valence-corrected chi connectivity index (χ3v) is 6.09. The number of carboxylic acids is 1. The van der Waals surface area contributed by atoms with E-state index in [0.29, 0.717) is 26.1 Å². The number of aliphatic hydroxyl groups is 1. The van der Waals surface area contributed by atoms with Crippen LogP contribution in [-0.4, -0.2) is 15.3 Å². The largest absolute Gasteiger partial charge is 0.545 e. The number of hydrogen-bond donors (Lipinski definition) is 1. The minimum atomic E-state index is -1.64. The lowest BCUT2D eigenvalue weighted by molar-refractivity contribution is -0.254. The monoisotopic (exact) mass is 375 g/mol. The maximum Gasteiger partial charge on any atom is 0.0862 e. The SMILES string of the molecule is O=C([O-])c1cccc2cccc([S@@](=O)c3cccc4cccc(CO)c34)c12. The first-order valence-corrected chi connectivity index (χ1v) is 9.53.